The van der Waals surface area contributed by atoms with Gasteiger partial charge in [-0.2, -0.15) is 0 Å². The molecule has 0 fully saturated rings. The number of aromatic hydroxyl groups is 1. The molecule has 1 aromatic carbocycles. The molecule has 2 N–H and O–H groups in total. The quantitative estimate of drug-likeness (QED) is 0.912. The van der Waals surface area contributed by atoms with Crippen molar-refractivity contribution in [3.05, 3.63) is 44.8 Å². The molecule has 0 saturated heterocycles. The lowest BCUT2D eigenvalue weighted by molar-refractivity contribution is 0.461. The third kappa shape index (κ3) is 2.81. The van der Waals surface area contributed by atoms with Crippen molar-refractivity contribution in [3.8, 4) is 5.75 Å². The zero-order valence-electron chi connectivity index (χ0n) is 8.48. The summed E-state index contributed by atoms with van der Waals surface area (Å²) in [4.78, 5) is 4.17. The molecule has 3 nitrogen and oxygen atoms in total. The first-order chi connectivity index (χ1) is 7.77. The molecule has 0 atom stereocenters. The second kappa shape index (κ2) is 5.43. The van der Waals surface area contributed by atoms with Crippen LogP contribution in [0.25, 0.3) is 0 Å². The third-order valence-corrected chi connectivity index (χ3v) is 3.45. The molecule has 0 saturated carbocycles. The summed E-state index contributed by atoms with van der Waals surface area (Å²) < 4.78 is 0.723. The molecule has 0 aliphatic carbocycles. The lowest BCUT2D eigenvalue weighted by Gasteiger charge is -2.06. The highest BCUT2D eigenvalue weighted by atomic mass is 79.9. The van der Waals surface area contributed by atoms with Crippen LogP contribution >= 0.6 is 27.3 Å². The van der Waals surface area contributed by atoms with Gasteiger partial charge in [0.2, 0.25) is 0 Å². The van der Waals surface area contributed by atoms with Gasteiger partial charge < -0.3 is 10.4 Å². The second-order valence-electron chi connectivity index (χ2n) is 3.33. The van der Waals surface area contributed by atoms with Crippen LogP contribution in [-0.4, -0.2) is 10.1 Å². The van der Waals surface area contributed by atoms with Gasteiger partial charge in [0, 0.05) is 24.0 Å². The highest BCUT2D eigenvalue weighted by Gasteiger charge is 2.04. The predicted octanol–water partition coefficient (Wildman–Crippen LogP) is 2.90. The van der Waals surface area contributed by atoms with Crippen LogP contribution < -0.4 is 5.32 Å². The van der Waals surface area contributed by atoms with E-state index in [2.05, 4.69) is 26.2 Å². The molecule has 5 heteroatoms. The van der Waals surface area contributed by atoms with Crippen molar-refractivity contribution in [2.45, 2.75) is 13.1 Å². The van der Waals surface area contributed by atoms with Crippen molar-refractivity contribution in [3.63, 3.8) is 0 Å². The Labute approximate surface area is 106 Å². The minimum absolute atomic E-state index is 0.299. The molecule has 0 bridgehead atoms. The summed E-state index contributed by atoms with van der Waals surface area (Å²) in [5, 5.41) is 15.0. The number of hydrogen-bond donors (Lipinski definition) is 2. The van der Waals surface area contributed by atoms with Gasteiger partial charge in [0.25, 0.3) is 0 Å². The Kier molecular flexibility index (Phi) is 3.93. The van der Waals surface area contributed by atoms with E-state index in [9.17, 15) is 5.11 Å². The summed E-state index contributed by atoms with van der Waals surface area (Å²) in [5.41, 5.74) is 3.72. The topological polar surface area (TPSA) is 45.1 Å². The lowest BCUT2D eigenvalue weighted by Crippen LogP contribution is -2.12. The van der Waals surface area contributed by atoms with Gasteiger partial charge in [0.05, 0.1) is 15.7 Å². The SMILES string of the molecule is Oc1c(Br)cccc1CNCc1cscn1. The molecule has 0 aliphatic rings. The van der Waals surface area contributed by atoms with Crippen molar-refractivity contribution < 1.29 is 5.11 Å². The number of phenols is 1. The van der Waals surface area contributed by atoms with Gasteiger partial charge >= 0.3 is 0 Å². The fourth-order valence-electron chi connectivity index (χ4n) is 1.35. The van der Waals surface area contributed by atoms with Crippen LogP contribution in [0.4, 0.5) is 0 Å². The minimum Gasteiger partial charge on any atom is -0.506 e. The molecule has 16 heavy (non-hydrogen) atoms. The molecule has 0 amide bonds. The number of para-hydroxylation sites is 1. The average Bonchev–Trinajstić information content (AvgIpc) is 2.77. The molecular formula is C11H11BrN2OS. The van der Waals surface area contributed by atoms with Crippen molar-refractivity contribution in [2.24, 2.45) is 0 Å². The second-order valence-corrected chi connectivity index (χ2v) is 4.90. The standard InChI is InChI=1S/C11H11BrN2OS/c12-10-3-1-2-8(11(10)15)4-13-5-9-6-16-7-14-9/h1-3,6-7,13,15H,4-5H2. The van der Waals surface area contributed by atoms with Gasteiger partial charge in [-0.1, -0.05) is 12.1 Å². The van der Waals surface area contributed by atoms with E-state index in [0.29, 0.717) is 12.3 Å². The van der Waals surface area contributed by atoms with Crippen molar-refractivity contribution in [1.82, 2.24) is 10.3 Å². The van der Waals surface area contributed by atoms with Gasteiger partial charge in [-0.3, -0.25) is 0 Å². The monoisotopic (exact) mass is 298 g/mol. The van der Waals surface area contributed by atoms with E-state index >= 15 is 0 Å². The number of rotatable bonds is 4. The van der Waals surface area contributed by atoms with Crippen LogP contribution in [0.2, 0.25) is 0 Å². The summed E-state index contributed by atoms with van der Waals surface area (Å²) in [6, 6.07) is 5.62. The third-order valence-electron chi connectivity index (χ3n) is 2.18. The largest absolute Gasteiger partial charge is 0.506 e. The molecule has 1 aromatic heterocycles. The van der Waals surface area contributed by atoms with Crippen LogP contribution in [0.1, 0.15) is 11.3 Å². The summed E-state index contributed by atoms with van der Waals surface area (Å²) in [6.45, 7) is 1.35. The van der Waals surface area contributed by atoms with Gasteiger partial charge in [-0.05, 0) is 22.0 Å². The Balaban J connectivity index is 1.92. The van der Waals surface area contributed by atoms with Gasteiger partial charge in [0.15, 0.2) is 0 Å². The van der Waals surface area contributed by atoms with Crippen molar-refractivity contribution in [2.75, 3.05) is 0 Å². The lowest BCUT2D eigenvalue weighted by atomic mass is 10.2. The van der Waals surface area contributed by atoms with E-state index in [1.54, 1.807) is 11.3 Å². The number of nitrogens with one attached hydrogen (secondary N) is 1. The highest BCUT2D eigenvalue weighted by molar-refractivity contribution is 9.10. The van der Waals surface area contributed by atoms with Crippen molar-refractivity contribution in [1.29, 1.82) is 0 Å². The number of thiazole rings is 1. The van der Waals surface area contributed by atoms with E-state index in [0.717, 1.165) is 22.3 Å². The molecular weight excluding hydrogens is 288 g/mol. The fourth-order valence-corrected chi connectivity index (χ4v) is 2.32. The molecule has 84 valence electrons. The van der Waals surface area contributed by atoms with E-state index in [-0.39, 0.29) is 0 Å². The Morgan fingerprint density at radius 2 is 2.25 bits per heavy atom. The summed E-state index contributed by atoms with van der Waals surface area (Å²) in [5.74, 6) is 0.299. The Hall–Kier alpha value is -0.910. The normalized spacial score (nSPS) is 10.6. The van der Waals surface area contributed by atoms with Crippen LogP contribution in [-0.2, 0) is 13.1 Å². The number of benzene rings is 1. The zero-order chi connectivity index (χ0) is 11.4. The van der Waals surface area contributed by atoms with E-state index in [1.807, 2.05) is 29.1 Å². The summed E-state index contributed by atoms with van der Waals surface area (Å²) in [7, 11) is 0. The first-order valence-corrected chi connectivity index (χ1v) is 6.55. The number of hydrogen-bond acceptors (Lipinski definition) is 4. The maximum atomic E-state index is 9.75. The number of phenolic OH excluding ortho intramolecular Hbond substituents is 1. The summed E-state index contributed by atoms with van der Waals surface area (Å²) >= 11 is 4.87. The van der Waals surface area contributed by atoms with Gasteiger partial charge in [-0.15, -0.1) is 11.3 Å². The van der Waals surface area contributed by atoms with Crippen LogP contribution in [0.3, 0.4) is 0 Å². The Bertz CT molecular complexity index is 459. The maximum Gasteiger partial charge on any atom is 0.134 e. The van der Waals surface area contributed by atoms with E-state index in [1.165, 1.54) is 0 Å². The number of aromatic nitrogens is 1. The molecule has 2 aromatic rings. The highest BCUT2D eigenvalue weighted by Crippen LogP contribution is 2.27. The first kappa shape index (κ1) is 11.6. The molecule has 2 rings (SSSR count). The van der Waals surface area contributed by atoms with Gasteiger partial charge in [-0.25, -0.2) is 4.98 Å². The average molecular weight is 299 g/mol. The fraction of sp³-hybridized carbons (Fsp3) is 0.182. The maximum absolute atomic E-state index is 9.75. The number of nitrogens with zero attached hydrogens (tertiary/aromatic N) is 1. The number of halogens is 1. The first-order valence-electron chi connectivity index (χ1n) is 4.81. The Morgan fingerprint density at radius 1 is 1.38 bits per heavy atom. The van der Waals surface area contributed by atoms with Crippen LogP contribution in [0, 0.1) is 0 Å². The van der Waals surface area contributed by atoms with Crippen molar-refractivity contribution >= 4 is 27.3 Å². The zero-order valence-corrected chi connectivity index (χ0v) is 10.9. The molecule has 0 spiro atoms. The van der Waals surface area contributed by atoms with Crippen LogP contribution in [0.15, 0.2) is 33.6 Å². The smallest absolute Gasteiger partial charge is 0.134 e. The predicted molar refractivity (Wildman–Crippen MR) is 68.5 cm³/mol. The Morgan fingerprint density at radius 3 is 3.00 bits per heavy atom. The summed E-state index contributed by atoms with van der Waals surface area (Å²) in [6.07, 6.45) is 0. The molecule has 0 unspecified atom stereocenters. The molecule has 0 aliphatic heterocycles. The molecule has 0 radical (unpaired) electrons. The minimum atomic E-state index is 0.299. The van der Waals surface area contributed by atoms with E-state index < -0.39 is 0 Å². The van der Waals surface area contributed by atoms with Gasteiger partial charge in [0.1, 0.15) is 5.75 Å². The van der Waals surface area contributed by atoms with Crippen LogP contribution in [0.5, 0.6) is 5.75 Å². The molecule has 1 heterocycles. The van der Waals surface area contributed by atoms with E-state index in [4.69, 9.17) is 0 Å².